The highest BCUT2D eigenvalue weighted by Gasteiger charge is 2.41. The molecule has 5 nitrogen and oxygen atoms in total. The first-order chi connectivity index (χ1) is 16.9. The van der Waals surface area contributed by atoms with Crippen molar-refractivity contribution in [3.63, 3.8) is 0 Å². The molecule has 0 bridgehead atoms. The van der Waals surface area contributed by atoms with E-state index in [0.717, 1.165) is 11.1 Å². The third kappa shape index (κ3) is 4.30. The summed E-state index contributed by atoms with van der Waals surface area (Å²) < 4.78 is 5.96. The van der Waals surface area contributed by atoms with E-state index in [1.807, 2.05) is 61.5 Å². The van der Waals surface area contributed by atoms with Gasteiger partial charge in [-0.15, -0.1) is 0 Å². The maximum Gasteiger partial charge on any atom is 0.270 e. The molecule has 1 saturated heterocycles. The molecule has 172 valence electrons. The van der Waals surface area contributed by atoms with Crippen LogP contribution in [-0.4, -0.2) is 16.9 Å². The summed E-state index contributed by atoms with van der Waals surface area (Å²) in [4.78, 5) is 29.8. The Kier molecular flexibility index (Phi) is 6.07. The van der Waals surface area contributed by atoms with Gasteiger partial charge in [0.2, 0.25) is 0 Å². The number of hydrogen-bond acceptors (Lipinski definition) is 4. The van der Waals surface area contributed by atoms with Gasteiger partial charge < -0.3 is 4.42 Å². The summed E-state index contributed by atoms with van der Waals surface area (Å²) >= 11 is 11.9. The molecule has 0 saturated carbocycles. The third-order valence-electron chi connectivity index (χ3n) is 5.65. The SMILES string of the molecule is Cc1ccc(-c2ccc(C=C3C(=O)N(c4ccccc4)C(=S)N(c4ccccc4)C3=O)o2)cc1Cl. The summed E-state index contributed by atoms with van der Waals surface area (Å²) in [6, 6.07) is 27.1. The van der Waals surface area contributed by atoms with Crippen molar-refractivity contribution in [3.05, 3.63) is 113 Å². The molecule has 0 radical (unpaired) electrons. The maximum atomic E-state index is 13.6. The van der Waals surface area contributed by atoms with E-state index >= 15 is 0 Å². The standard InChI is InChI=1S/C28H19ClN2O3S/c1-18-12-13-19(16-24(18)29)25-15-14-22(34-25)17-23-26(32)30(20-8-4-2-5-9-20)28(35)31(27(23)33)21-10-6-3-7-11-21/h2-17H,1H3. The number of para-hydroxylation sites is 2. The molecule has 35 heavy (non-hydrogen) atoms. The van der Waals surface area contributed by atoms with Gasteiger partial charge in [0.1, 0.15) is 17.1 Å². The van der Waals surface area contributed by atoms with E-state index in [-0.39, 0.29) is 10.7 Å². The highest BCUT2D eigenvalue weighted by atomic mass is 35.5. The Balaban J connectivity index is 1.58. The molecule has 2 amide bonds. The predicted molar refractivity (Wildman–Crippen MR) is 142 cm³/mol. The predicted octanol–water partition coefficient (Wildman–Crippen LogP) is 6.66. The largest absolute Gasteiger partial charge is 0.457 e. The molecule has 7 heteroatoms. The van der Waals surface area contributed by atoms with Crippen molar-refractivity contribution >= 4 is 58.2 Å². The van der Waals surface area contributed by atoms with Crippen molar-refractivity contribution in [3.8, 4) is 11.3 Å². The minimum atomic E-state index is -0.519. The van der Waals surface area contributed by atoms with Crippen LogP contribution >= 0.6 is 23.8 Å². The van der Waals surface area contributed by atoms with Crippen LogP contribution in [0.2, 0.25) is 5.02 Å². The molecule has 3 aromatic carbocycles. The molecule has 1 fully saturated rings. The van der Waals surface area contributed by atoms with Crippen LogP contribution in [0.1, 0.15) is 11.3 Å². The quantitative estimate of drug-likeness (QED) is 0.179. The van der Waals surface area contributed by atoms with Crippen LogP contribution in [0.25, 0.3) is 17.4 Å². The Morgan fingerprint density at radius 2 is 1.37 bits per heavy atom. The van der Waals surface area contributed by atoms with Gasteiger partial charge in [-0.25, -0.2) is 0 Å². The van der Waals surface area contributed by atoms with E-state index in [9.17, 15) is 9.59 Å². The van der Waals surface area contributed by atoms with E-state index < -0.39 is 11.8 Å². The lowest BCUT2D eigenvalue weighted by Crippen LogP contribution is -2.56. The molecule has 0 atom stereocenters. The van der Waals surface area contributed by atoms with Gasteiger partial charge in [0.25, 0.3) is 11.8 Å². The molecule has 0 unspecified atom stereocenters. The van der Waals surface area contributed by atoms with Gasteiger partial charge in [0.15, 0.2) is 5.11 Å². The second-order valence-electron chi connectivity index (χ2n) is 7.96. The Hall–Kier alpha value is -4.00. The third-order valence-corrected chi connectivity index (χ3v) is 6.42. The number of carbonyl (C=O) groups excluding carboxylic acids is 2. The monoisotopic (exact) mass is 498 g/mol. The first-order valence-corrected chi connectivity index (χ1v) is 11.6. The van der Waals surface area contributed by atoms with Crippen LogP contribution in [0.3, 0.4) is 0 Å². The van der Waals surface area contributed by atoms with Crippen LogP contribution in [-0.2, 0) is 9.59 Å². The number of thiocarbonyl (C=S) groups is 1. The number of benzene rings is 3. The Morgan fingerprint density at radius 3 is 1.91 bits per heavy atom. The zero-order valence-corrected chi connectivity index (χ0v) is 20.2. The van der Waals surface area contributed by atoms with Gasteiger partial charge in [0, 0.05) is 10.6 Å². The zero-order chi connectivity index (χ0) is 24.5. The molecular weight excluding hydrogens is 480 g/mol. The molecule has 2 heterocycles. The van der Waals surface area contributed by atoms with Crippen LogP contribution in [0.15, 0.2) is 101 Å². The van der Waals surface area contributed by atoms with Gasteiger partial charge in [-0.3, -0.25) is 19.4 Å². The minimum absolute atomic E-state index is 0.0610. The normalized spacial score (nSPS) is 14.0. The molecule has 0 aliphatic carbocycles. The van der Waals surface area contributed by atoms with Crippen molar-refractivity contribution in [2.45, 2.75) is 6.92 Å². The van der Waals surface area contributed by atoms with E-state index in [1.165, 1.54) is 15.9 Å². The average molecular weight is 499 g/mol. The van der Waals surface area contributed by atoms with Crippen molar-refractivity contribution in [1.82, 2.24) is 0 Å². The van der Waals surface area contributed by atoms with Crippen LogP contribution in [0, 0.1) is 6.92 Å². The van der Waals surface area contributed by atoms with E-state index in [4.69, 9.17) is 28.2 Å². The number of carbonyl (C=O) groups is 2. The molecule has 5 rings (SSSR count). The van der Waals surface area contributed by atoms with Crippen molar-refractivity contribution < 1.29 is 14.0 Å². The van der Waals surface area contributed by atoms with Gasteiger partial charge in [0.05, 0.1) is 11.4 Å². The van der Waals surface area contributed by atoms with Gasteiger partial charge in [-0.2, -0.15) is 0 Å². The summed E-state index contributed by atoms with van der Waals surface area (Å²) in [5.41, 5.74) is 2.83. The number of nitrogens with zero attached hydrogens (tertiary/aromatic N) is 2. The van der Waals surface area contributed by atoms with E-state index in [2.05, 4.69) is 0 Å². The zero-order valence-electron chi connectivity index (χ0n) is 18.6. The lowest BCUT2D eigenvalue weighted by Gasteiger charge is -2.36. The topological polar surface area (TPSA) is 53.8 Å². The maximum absolute atomic E-state index is 13.6. The molecule has 1 aliphatic rings. The Bertz CT molecular complexity index is 1420. The molecule has 0 N–H and O–H groups in total. The minimum Gasteiger partial charge on any atom is -0.457 e. The summed E-state index contributed by atoms with van der Waals surface area (Å²) in [5.74, 6) is -0.100. The van der Waals surface area contributed by atoms with Gasteiger partial charge in [-0.1, -0.05) is 60.1 Å². The first-order valence-electron chi connectivity index (χ1n) is 10.8. The Labute approximate surface area is 212 Å². The number of hydrogen-bond donors (Lipinski definition) is 0. The lowest BCUT2D eigenvalue weighted by atomic mass is 10.1. The van der Waals surface area contributed by atoms with Crippen LogP contribution in [0.4, 0.5) is 11.4 Å². The first kappa shape index (κ1) is 22.8. The molecule has 1 aromatic heterocycles. The fraction of sp³-hybridized carbons (Fsp3) is 0.0357. The van der Waals surface area contributed by atoms with Gasteiger partial charge >= 0.3 is 0 Å². The van der Waals surface area contributed by atoms with Gasteiger partial charge in [-0.05, 0) is 73.2 Å². The number of rotatable bonds is 4. The number of aryl methyl sites for hydroxylation is 1. The molecule has 1 aliphatic heterocycles. The van der Waals surface area contributed by atoms with Crippen LogP contribution in [0.5, 0.6) is 0 Å². The summed E-state index contributed by atoms with van der Waals surface area (Å²) in [6.45, 7) is 1.92. The smallest absolute Gasteiger partial charge is 0.270 e. The molecule has 4 aromatic rings. The summed E-state index contributed by atoms with van der Waals surface area (Å²) in [6.07, 6.45) is 1.46. The van der Waals surface area contributed by atoms with Crippen LogP contribution < -0.4 is 9.80 Å². The van der Waals surface area contributed by atoms with Crippen molar-refractivity contribution in [2.75, 3.05) is 9.80 Å². The summed E-state index contributed by atoms with van der Waals surface area (Å²) in [7, 11) is 0. The highest BCUT2D eigenvalue weighted by Crippen LogP contribution is 2.31. The number of anilines is 2. The number of amides is 2. The van der Waals surface area contributed by atoms with E-state index in [1.54, 1.807) is 36.4 Å². The summed E-state index contributed by atoms with van der Waals surface area (Å²) in [5, 5.41) is 0.714. The highest BCUT2D eigenvalue weighted by molar-refractivity contribution is 7.81. The van der Waals surface area contributed by atoms with Crippen molar-refractivity contribution in [1.29, 1.82) is 0 Å². The fourth-order valence-electron chi connectivity index (χ4n) is 3.81. The Morgan fingerprint density at radius 1 is 0.800 bits per heavy atom. The van der Waals surface area contributed by atoms with E-state index in [0.29, 0.717) is 27.9 Å². The number of halogens is 1. The van der Waals surface area contributed by atoms with Crippen molar-refractivity contribution in [2.24, 2.45) is 0 Å². The lowest BCUT2D eigenvalue weighted by molar-refractivity contribution is -0.120. The second kappa shape index (κ2) is 9.33. The molecular formula is C28H19ClN2O3S. The molecule has 0 spiro atoms. The fourth-order valence-corrected chi connectivity index (χ4v) is 4.37. The number of furan rings is 1. The average Bonchev–Trinajstić information content (AvgIpc) is 3.34. The second-order valence-corrected chi connectivity index (χ2v) is 8.73.